The molecule has 0 unspecified atom stereocenters. The molecule has 0 amide bonds. The first-order valence-corrected chi connectivity index (χ1v) is 23.3. The third-order valence-electron chi connectivity index (χ3n) is 13.0. The molecule has 0 fully saturated rings. The maximum absolute atomic E-state index is 10.3. The highest BCUT2D eigenvalue weighted by molar-refractivity contribution is 5.96. The van der Waals surface area contributed by atoms with Gasteiger partial charge in [-0.15, -0.1) is 0 Å². The van der Waals surface area contributed by atoms with Crippen molar-refractivity contribution in [1.82, 2.24) is 19.9 Å². The molecular weight excluding hydrogens is 851 g/mol. The number of nitriles is 1. The summed E-state index contributed by atoms with van der Waals surface area (Å²) in [6.07, 6.45) is 0. The molecule has 0 saturated carbocycles. The highest BCUT2D eigenvalue weighted by Crippen LogP contribution is 2.40. The first-order valence-electron chi connectivity index (χ1n) is 23.3. The molecule has 0 radical (unpaired) electrons. The van der Waals surface area contributed by atoms with Crippen LogP contribution in [0, 0.1) is 11.3 Å². The Hall–Kier alpha value is -9.63. The van der Waals surface area contributed by atoms with Gasteiger partial charge in [-0.3, -0.25) is 0 Å². The first kappa shape index (κ1) is 41.8. The van der Waals surface area contributed by atoms with Crippen molar-refractivity contribution < 1.29 is 0 Å². The number of benzene rings is 10. The van der Waals surface area contributed by atoms with Crippen LogP contribution in [0.15, 0.2) is 249 Å². The van der Waals surface area contributed by atoms with Gasteiger partial charge in [0.05, 0.1) is 34.1 Å². The molecule has 0 N–H and O–H groups in total. The van der Waals surface area contributed by atoms with Crippen molar-refractivity contribution in [2.75, 3.05) is 0 Å². The number of hydrogen-bond donors (Lipinski definition) is 0. The lowest BCUT2D eigenvalue weighted by atomic mass is 9.88. The van der Waals surface area contributed by atoms with Crippen LogP contribution >= 0.6 is 0 Å². The highest BCUT2D eigenvalue weighted by Gasteiger charge is 2.17. The maximum atomic E-state index is 10.3. The van der Waals surface area contributed by atoms with Gasteiger partial charge in [-0.05, 0) is 74.3 Å². The highest BCUT2D eigenvalue weighted by atomic mass is 14.9. The summed E-state index contributed by atoms with van der Waals surface area (Å²) in [5, 5.41) is 12.3. The summed E-state index contributed by atoms with van der Waals surface area (Å²) in [7, 11) is 0. The fraction of sp³-hybridized carbons (Fsp3) is 0. The Balaban J connectivity index is 0.884. The van der Waals surface area contributed by atoms with Crippen LogP contribution < -0.4 is 0 Å². The molecule has 5 heteroatoms. The molecule has 0 bridgehead atoms. The van der Waals surface area contributed by atoms with Crippen LogP contribution in [0.2, 0.25) is 0 Å². The Morgan fingerprint density at radius 1 is 0.257 bits per heavy atom. The van der Waals surface area contributed by atoms with Gasteiger partial charge >= 0.3 is 0 Å². The van der Waals surface area contributed by atoms with Gasteiger partial charge in [0.25, 0.3) is 0 Å². The second-order valence-electron chi connectivity index (χ2n) is 17.3. The molecule has 70 heavy (non-hydrogen) atoms. The number of nitrogens with zero attached hydrogens (tertiary/aromatic N) is 5. The van der Waals surface area contributed by atoms with Crippen LogP contribution in [0.5, 0.6) is 0 Å². The standard InChI is InChI=1S/C65H41N5/c66-42-54-17-7-8-18-55(54)59-41-53(47-23-31-49(32-24-47)62-57-19-9-11-21-60(57)67-64(69-62)51-35-25-45(26-36-51)43-13-3-1-4-14-43)39-40-56(59)48-29-33-50(34-30-48)63-58-20-10-12-22-61(58)68-65(70-63)52-37-27-46(28-38-52)44-15-5-2-6-16-44/h1-41H. The average Bonchev–Trinajstić information content (AvgIpc) is 3.45. The van der Waals surface area contributed by atoms with E-state index < -0.39 is 0 Å². The summed E-state index contributed by atoms with van der Waals surface area (Å²) < 4.78 is 0. The van der Waals surface area contributed by atoms with E-state index in [2.05, 4.69) is 182 Å². The van der Waals surface area contributed by atoms with Crippen LogP contribution in [0.25, 0.3) is 123 Å². The van der Waals surface area contributed by atoms with E-state index in [0.29, 0.717) is 17.2 Å². The van der Waals surface area contributed by atoms with Crippen molar-refractivity contribution in [3.63, 3.8) is 0 Å². The maximum Gasteiger partial charge on any atom is 0.160 e. The Morgan fingerprint density at radius 2 is 0.629 bits per heavy atom. The molecule has 12 rings (SSSR count). The first-order chi connectivity index (χ1) is 34.6. The van der Waals surface area contributed by atoms with Crippen molar-refractivity contribution in [3.8, 4) is 107 Å². The normalized spacial score (nSPS) is 11.1. The monoisotopic (exact) mass is 891 g/mol. The molecule has 2 aromatic heterocycles. The third-order valence-corrected chi connectivity index (χ3v) is 13.0. The van der Waals surface area contributed by atoms with Gasteiger partial charge in [0.1, 0.15) is 0 Å². The Labute approximate surface area is 406 Å². The molecule has 2 heterocycles. The van der Waals surface area contributed by atoms with Crippen LogP contribution in [0.4, 0.5) is 0 Å². The minimum absolute atomic E-state index is 0.616. The van der Waals surface area contributed by atoms with E-state index in [0.717, 1.165) is 100.0 Å². The van der Waals surface area contributed by atoms with Crippen molar-refractivity contribution >= 4 is 21.8 Å². The van der Waals surface area contributed by atoms with Crippen molar-refractivity contribution in [3.05, 3.63) is 254 Å². The molecule has 0 atom stereocenters. The van der Waals surface area contributed by atoms with Crippen molar-refractivity contribution in [2.24, 2.45) is 0 Å². The molecule has 0 aliphatic heterocycles. The summed E-state index contributed by atoms with van der Waals surface area (Å²) in [6, 6.07) is 88.1. The number of fused-ring (bicyclic) bond motifs is 2. The van der Waals surface area contributed by atoms with E-state index >= 15 is 0 Å². The molecule has 12 aromatic rings. The second-order valence-corrected chi connectivity index (χ2v) is 17.3. The lowest BCUT2D eigenvalue weighted by molar-refractivity contribution is 1.23. The zero-order valence-corrected chi connectivity index (χ0v) is 37.9. The Bertz CT molecular complexity index is 3900. The summed E-state index contributed by atoms with van der Waals surface area (Å²) in [5.41, 5.74) is 18.7. The minimum Gasteiger partial charge on any atom is -0.228 e. The van der Waals surface area contributed by atoms with E-state index in [1.807, 2.05) is 72.8 Å². The van der Waals surface area contributed by atoms with Gasteiger partial charge in [0, 0.05) is 38.6 Å². The van der Waals surface area contributed by atoms with E-state index in [-0.39, 0.29) is 0 Å². The molecule has 0 aliphatic carbocycles. The van der Waals surface area contributed by atoms with E-state index in [4.69, 9.17) is 19.9 Å². The fourth-order valence-corrected chi connectivity index (χ4v) is 9.38. The zero-order valence-electron chi connectivity index (χ0n) is 37.9. The van der Waals surface area contributed by atoms with Gasteiger partial charge < -0.3 is 0 Å². The smallest absolute Gasteiger partial charge is 0.160 e. The van der Waals surface area contributed by atoms with Crippen LogP contribution in [-0.2, 0) is 0 Å². The number of para-hydroxylation sites is 2. The summed E-state index contributed by atoms with van der Waals surface area (Å²) in [4.78, 5) is 20.4. The third kappa shape index (κ3) is 8.06. The number of aromatic nitrogens is 4. The lowest BCUT2D eigenvalue weighted by Crippen LogP contribution is -1.96. The molecular formula is C65H41N5. The molecule has 5 nitrogen and oxygen atoms in total. The van der Waals surface area contributed by atoms with Gasteiger partial charge in [0.15, 0.2) is 11.6 Å². The van der Waals surface area contributed by atoms with Crippen LogP contribution in [0.3, 0.4) is 0 Å². The fourth-order valence-electron chi connectivity index (χ4n) is 9.38. The lowest BCUT2D eigenvalue weighted by Gasteiger charge is -2.15. The van der Waals surface area contributed by atoms with E-state index in [9.17, 15) is 5.26 Å². The van der Waals surface area contributed by atoms with Crippen LogP contribution in [-0.4, -0.2) is 19.9 Å². The van der Waals surface area contributed by atoms with Gasteiger partial charge in [-0.25, -0.2) is 19.9 Å². The molecule has 0 saturated heterocycles. The number of hydrogen-bond acceptors (Lipinski definition) is 5. The van der Waals surface area contributed by atoms with Crippen molar-refractivity contribution in [1.29, 1.82) is 5.26 Å². The summed E-state index contributed by atoms with van der Waals surface area (Å²) in [6.45, 7) is 0. The molecule has 10 aromatic carbocycles. The topological polar surface area (TPSA) is 75.3 Å². The SMILES string of the molecule is N#Cc1ccccc1-c1cc(-c2ccc(-c3nc(-c4ccc(-c5ccccc5)cc4)nc4ccccc34)cc2)ccc1-c1ccc(-c2nc(-c3ccc(-c4ccccc4)cc3)nc3ccccc23)cc1. The quantitative estimate of drug-likeness (QED) is 0.144. The Morgan fingerprint density at radius 3 is 1.13 bits per heavy atom. The largest absolute Gasteiger partial charge is 0.228 e. The number of rotatable bonds is 9. The molecule has 326 valence electrons. The van der Waals surface area contributed by atoms with E-state index in [1.165, 1.54) is 11.1 Å². The van der Waals surface area contributed by atoms with Crippen LogP contribution in [0.1, 0.15) is 5.56 Å². The van der Waals surface area contributed by atoms with E-state index in [1.54, 1.807) is 0 Å². The zero-order chi connectivity index (χ0) is 46.8. The predicted molar refractivity (Wildman–Crippen MR) is 286 cm³/mol. The van der Waals surface area contributed by atoms with Crippen molar-refractivity contribution in [2.45, 2.75) is 0 Å². The molecule has 0 spiro atoms. The van der Waals surface area contributed by atoms with Gasteiger partial charge in [-0.2, -0.15) is 5.26 Å². The second kappa shape index (κ2) is 18.2. The predicted octanol–water partition coefficient (Wildman–Crippen LogP) is 16.4. The average molecular weight is 892 g/mol. The van der Waals surface area contributed by atoms with Gasteiger partial charge in [-0.1, -0.05) is 224 Å². The van der Waals surface area contributed by atoms with Gasteiger partial charge in [0.2, 0.25) is 0 Å². The molecule has 0 aliphatic rings. The summed E-state index contributed by atoms with van der Waals surface area (Å²) >= 11 is 0. The minimum atomic E-state index is 0.616. The Kier molecular flexibility index (Phi) is 10.9. The summed E-state index contributed by atoms with van der Waals surface area (Å²) in [5.74, 6) is 1.36.